The van der Waals surface area contributed by atoms with Crippen molar-refractivity contribution >= 4 is 51.6 Å². The number of hydrogen-bond acceptors (Lipinski definition) is 7. The molecule has 0 atom stereocenters. The quantitative estimate of drug-likeness (QED) is 0.393. The Hall–Kier alpha value is -3.89. The van der Waals surface area contributed by atoms with Crippen LogP contribution >= 0.6 is 23.8 Å². The Morgan fingerprint density at radius 2 is 1.80 bits per heavy atom. The van der Waals surface area contributed by atoms with E-state index in [9.17, 15) is 4.79 Å². The third-order valence-corrected chi connectivity index (χ3v) is 5.87. The first-order valence-electron chi connectivity index (χ1n) is 10.6. The van der Waals surface area contributed by atoms with Gasteiger partial charge in [-0.3, -0.25) is 10.1 Å². The number of nitrogens with one attached hydrogen (secondary N) is 2. The predicted molar refractivity (Wildman–Crippen MR) is 136 cm³/mol. The molecule has 5 rings (SSSR count). The highest BCUT2D eigenvalue weighted by Crippen LogP contribution is 2.31. The molecular weight excluding hydrogens is 490 g/mol. The van der Waals surface area contributed by atoms with Crippen molar-refractivity contribution in [3.05, 3.63) is 64.7 Å². The lowest BCUT2D eigenvalue weighted by Gasteiger charge is -2.18. The summed E-state index contributed by atoms with van der Waals surface area (Å²) in [6.45, 7) is 2.84. The van der Waals surface area contributed by atoms with Crippen LogP contribution < -0.4 is 24.8 Å². The molecule has 35 heavy (non-hydrogen) atoms. The first kappa shape index (κ1) is 22.9. The minimum Gasteiger partial charge on any atom is -0.495 e. The molecule has 0 saturated heterocycles. The smallest absolute Gasteiger partial charge is 0.257 e. The lowest BCUT2D eigenvalue weighted by molar-refractivity contribution is 0.0976. The van der Waals surface area contributed by atoms with E-state index in [1.54, 1.807) is 37.4 Å². The standard InChI is InChI=1S/C24H20ClN5O4S/c1-13-9-18-19(29-30(28-18)15-4-6-20(32-2)16(25)11-15)12-17(13)26-24(35)27-23(31)14-3-5-21-22(10-14)34-8-7-33-21/h3-6,9-12H,7-8H2,1-2H3,(H2,26,27,31,35). The largest absolute Gasteiger partial charge is 0.495 e. The second kappa shape index (κ2) is 9.40. The Kier molecular flexibility index (Phi) is 6.14. The molecule has 1 aliphatic rings. The molecular formula is C24H20ClN5O4S. The van der Waals surface area contributed by atoms with Crippen molar-refractivity contribution in [2.24, 2.45) is 0 Å². The highest BCUT2D eigenvalue weighted by Gasteiger charge is 2.16. The lowest BCUT2D eigenvalue weighted by atomic mass is 10.1. The van der Waals surface area contributed by atoms with Crippen molar-refractivity contribution in [1.82, 2.24) is 20.3 Å². The number of carbonyl (C=O) groups excluding carboxylic acids is 1. The zero-order chi connectivity index (χ0) is 24.5. The number of nitrogens with zero attached hydrogens (tertiary/aromatic N) is 3. The van der Waals surface area contributed by atoms with Gasteiger partial charge in [-0.2, -0.15) is 4.80 Å². The van der Waals surface area contributed by atoms with Crippen molar-refractivity contribution in [2.45, 2.75) is 6.92 Å². The van der Waals surface area contributed by atoms with Crippen LogP contribution in [-0.4, -0.2) is 46.3 Å². The molecule has 9 nitrogen and oxygen atoms in total. The molecule has 1 amide bonds. The summed E-state index contributed by atoms with van der Waals surface area (Å²) in [5, 5.41) is 15.5. The Bertz CT molecular complexity index is 1470. The number of carbonyl (C=O) groups is 1. The third kappa shape index (κ3) is 4.71. The second-order valence-electron chi connectivity index (χ2n) is 7.73. The molecule has 0 bridgehead atoms. The fourth-order valence-corrected chi connectivity index (χ4v) is 4.07. The van der Waals surface area contributed by atoms with E-state index in [-0.39, 0.29) is 11.0 Å². The van der Waals surface area contributed by atoms with E-state index in [1.807, 2.05) is 25.1 Å². The summed E-state index contributed by atoms with van der Waals surface area (Å²) < 4.78 is 16.2. The number of ether oxygens (including phenoxy) is 3. The summed E-state index contributed by atoms with van der Waals surface area (Å²) in [6, 6.07) is 14.0. The summed E-state index contributed by atoms with van der Waals surface area (Å²) >= 11 is 11.6. The maximum Gasteiger partial charge on any atom is 0.257 e. The van der Waals surface area contributed by atoms with Crippen LogP contribution in [-0.2, 0) is 0 Å². The zero-order valence-electron chi connectivity index (χ0n) is 18.8. The molecule has 2 heterocycles. The maximum atomic E-state index is 12.7. The van der Waals surface area contributed by atoms with Gasteiger partial charge in [-0.05, 0) is 73.2 Å². The van der Waals surface area contributed by atoms with Crippen LogP contribution in [0.4, 0.5) is 5.69 Å². The Morgan fingerprint density at radius 1 is 1.06 bits per heavy atom. The number of halogens is 1. The topological polar surface area (TPSA) is 99.5 Å². The van der Waals surface area contributed by atoms with E-state index < -0.39 is 0 Å². The van der Waals surface area contributed by atoms with Crippen molar-refractivity contribution in [2.75, 3.05) is 25.6 Å². The van der Waals surface area contributed by atoms with Gasteiger partial charge in [0, 0.05) is 11.3 Å². The number of fused-ring (bicyclic) bond motifs is 2. The number of rotatable bonds is 4. The van der Waals surface area contributed by atoms with Gasteiger partial charge in [-0.15, -0.1) is 10.2 Å². The van der Waals surface area contributed by atoms with Gasteiger partial charge >= 0.3 is 0 Å². The first-order chi connectivity index (χ1) is 16.9. The number of anilines is 1. The van der Waals surface area contributed by atoms with Crippen molar-refractivity contribution < 1.29 is 19.0 Å². The Morgan fingerprint density at radius 3 is 2.54 bits per heavy atom. The van der Waals surface area contributed by atoms with Gasteiger partial charge in [0.2, 0.25) is 0 Å². The van der Waals surface area contributed by atoms with E-state index in [0.717, 1.165) is 5.56 Å². The van der Waals surface area contributed by atoms with Gasteiger partial charge in [0.25, 0.3) is 5.91 Å². The van der Waals surface area contributed by atoms with E-state index in [0.29, 0.717) is 63.5 Å². The summed E-state index contributed by atoms with van der Waals surface area (Å²) in [4.78, 5) is 14.2. The van der Waals surface area contributed by atoms with Gasteiger partial charge in [0.15, 0.2) is 16.6 Å². The van der Waals surface area contributed by atoms with E-state index in [2.05, 4.69) is 20.8 Å². The molecule has 0 radical (unpaired) electrons. The molecule has 1 aromatic heterocycles. The molecule has 3 aromatic carbocycles. The molecule has 4 aromatic rings. The normalized spacial score (nSPS) is 12.3. The maximum absolute atomic E-state index is 12.7. The van der Waals surface area contributed by atoms with Crippen LogP contribution in [0.3, 0.4) is 0 Å². The molecule has 0 fully saturated rings. The van der Waals surface area contributed by atoms with Crippen molar-refractivity contribution in [3.8, 4) is 22.9 Å². The van der Waals surface area contributed by atoms with Crippen LogP contribution in [0.5, 0.6) is 17.2 Å². The number of methoxy groups -OCH3 is 1. The third-order valence-electron chi connectivity index (χ3n) is 5.37. The Balaban J connectivity index is 1.32. The van der Waals surface area contributed by atoms with E-state index in [1.165, 1.54) is 4.80 Å². The number of hydrogen-bond donors (Lipinski definition) is 2. The second-order valence-corrected chi connectivity index (χ2v) is 8.55. The summed E-state index contributed by atoms with van der Waals surface area (Å²) in [5.74, 6) is 1.36. The fourth-order valence-electron chi connectivity index (χ4n) is 3.61. The van der Waals surface area contributed by atoms with Crippen LogP contribution in [0, 0.1) is 6.92 Å². The lowest BCUT2D eigenvalue weighted by Crippen LogP contribution is -2.34. The first-order valence-corrected chi connectivity index (χ1v) is 11.4. The van der Waals surface area contributed by atoms with E-state index >= 15 is 0 Å². The summed E-state index contributed by atoms with van der Waals surface area (Å²) in [5.41, 5.74) is 4.03. The van der Waals surface area contributed by atoms with Gasteiger partial charge < -0.3 is 19.5 Å². The molecule has 178 valence electrons. The Labute approximate surface area is 210 Å². The van der Waals surface area contributed by atoms with Gasteiger partial charge in [-0.25, -0.2) is 0 Å². The van der Waals surface area contributed by atoms with Crippen molar-refractivity contribution in [1.29, 1.82) is 0 Å². The highest BCUT2D eigenvalue weighted by molar-refractivity contribution is 7.80. The zero-order valence-corrected chi connectivity index (χ0v) is 20.4. The average molecular weight is 510 g/mol. The molecule has 2 N–H and O–H groups in total. The summed E-state index contributed by atoms with van der Waals surface area (Å²) in [6.07, 6.45) is 0. The minimum atomic E-state index is -0.361. The number of aromatic nitrogens is 3. The van der Waals surface area contributed by atoms with Gasteiger partial charge in [0.1, 0.15) is 30.0 Å². The monoisotopic (exact) mass is 509 g/mol. The molecule has 0 spiro atoms. The minimum absolute atomic E-state index is 0.154. The van der Waals surface area contributed by atoms with E-state index in [4.69, 9.17) is 38.0 Å². The number of benzene rings is 3. The van der Waals surface area contributed by atoms with Crippen LogP contribution in [0.2, 0.25) is 5.02 Å². The fraction of sp³-hybridized carbons (Fsp3) is 0.167. The number of aryl methyl sites for hydroxylation is 1. The van der Waals surface area contributed by atoms with Crippen molar-refractivity contribution in [3.63, 3.8) is 0 Å². The number of amides is 1. The molecule has 0 aliphatic carbocycles. The number of thiocarbonyl (C=S) groups is 1. The predicted octanol–water partition coefficient (Wildman–Crippen LogP) is 4.29. The van der Waals surface area contributed by atoms with Gasteiger partial charge in [0.05, 0.1) is 17.8 Å². The molecule has 0 unspecified atom stereocenters. The molecule has 11 heteroatoms. The average Bonchev–Trinajstić information content (AvgIpc) is 3.26. The summed E-state index contributed by atoms with van der Waals surface area (Å²) in [7, 11) is 1.56. The highest BCUT2D eigenvalue weighted by atomic mass is 35.5. The van der Waals surface area contributed by atoms with Crippen LogP contribution in [0.15, 0.2) is 48.5 Å². The van der Waals surface area contributed by atoms with Crippen LogP contribution in [0.1, 0.15) is 15.9 Å². The SMILES string of the molecule is COc1ccc(-n2nc3cc(C)c(NC(=S)NC(=O)c4ccc5c(c4)OCCO5)cc3n2)cc1Cl. The van der Waals surface area contributed by atoms with Gasteiger partial charge in [-0.1, -0.05) is 11.6 Å². The molecule has 0 saturated carbocycles. The van der Waals surface area contributed by atoms with Crippen LogP contribution in [0.25, 0.3) is 16.7 Å². The molecule has 1 aliphatic heterocycles.